The molecule has 160 valence electrons. The Hall–Kier alpha value is -1.22. The highest BCUT2D eigenvalue weighted by Gasteiger charge is 2.21. The highest BCUT2D eigenvalue weighted by molar-refractivity contribution is 14.0. The van der Waals surface area contributed by atoms with E-state index in [1.807, 2.05) is 19.2 Å². The zero-order valence-corrected chi connectivity index (χ0v) is 20.5. The van der Waals surface area contributed by atoms with Crippen LogP contribution in [0.2, 0.25) is 0 Å². The fraction of sp³-hybridized carbons (Fsp3) is 0.667. The number of aliphatic imine (C=N–C) groups is 1. The molecule has 1 saturated heterocycles. The van der Waals surface area contributed by atoms with E-state index < -0.39 is 0 Å². The number of para-hydroxylation sites is 2. The van der Waals surface area contributed by atoms with Crippen LogP contribution < -0.4 is 15.0 Å². The summed E-state index contributed by atoms with van der Waals surface area (Å²) in [6, 6.07) is 8.87. The molecule has 1 aromatic rings. The van der Waals surface area contributed by atoms with Gasteiger partial charge in [0.1, 0.15) is 5.75 Å². The first-order valence-corrected chi connectivity index (χ1v) is 10.1. The van der Waals surface area contributed by atoms with Gasteiger partial charge in [-0.1, -0.05) is 12.1 Å². The van der Waals surface area contributed by atoms with Crippen molar-refractivity contribution < 1.29 is 4.74 Å². The smallest absolute Gasteiger partial charge is 0.193 e. The van der Waals surface area contributed by atoms with Crippen molar-refractivity contribution in [2.24, 2.45) is 4.99 Å². The molecule has 0 bridgehead atoms. The lowest BCUT2D eigenvalue weighted by Crippen LogP contribution is -2.52. The predicted octanol–water partition coefficient (Wildman–Crippen LogP) is 3.13. The van der Waals surface area contributed by atoms with Gasteiger partial charge in [-0.25, -0.2) is 0 Å². The van der Waals surface area contributed by atoms with E-state index in [2.05, 4.69) is 58.0 Å². The van der Waals surface area contributed by atoms with Crippen molar-refractivity contribution in [1.82, 2.24) is 15.1 Å². The van der Waals surface area contributed by atoms with Crippen molar-refractivity contribution in [3.05, 3.63) is 24.3 Å². The van der Waals surface area contributed by atoms with Crippen molar-refractivity contribution in [2.45, 2.75) is 32.7 Å². The molecule has 0 radical (unpaired) electrons. The number of unbranched alkanes of at least 4 members (excludes halogenated alkanes) is 1. The third kappa shape index (κ3) is 7.31. The van der Waals surface area contributed by atoms with E-state index in [0.717, 1.165) is 57.4 Å². The maximum atomic E-state index is 5.51. The Morgan fingerprint density at radius 2 is 1.86 bits per heavy atom. The topological polar surface area (TPSA) is 43.3 Å². The van der Waals surface area contributed by atoms with Crippen LogP contribution in [0.1, 0.15) is 26.7 Å². The third-order valence-corrected chi connectivity index (χ3v) is 5.32. The number of guanidine groups is 1. The number of ether oxygens (including phenoxy) is 1. The summed E-state index contributed by atoms with van der Waals surface area (Å²) in [5.74, 6) is 1.96. The second-order valence-corrected chi connectivity index (χ2v) is 7.40. The highest BCUT2D eigenvalue weighted by Crippen LogP contribution is 2.28. The maximum absolute atomic E-state index is 5.51. The number of methoxy groups -OCH3 is 1. The third-order valence-electron chi connectivity index (χ3n) is 5.32. The molecule has 1 N–H and O–H groups in total. The molecule has 1 aromatic carbocycles. The van der Waals surface area contributed by atoms with Gasteiger partial charge in [0.25, 0.3) is 0 Å². The van der Waals surface area contributed by atoms with Gasteiger partial charge < -0.3 is 24.8 Å². The van der Waals surface area contributed by atoms with Crippen molar-refractivity contribution in [3.63, 3.8) is 0 Å². The Labute approximate surface area is 188 Å². The van der Waals surface area contributed by atoms with Crippen LogP contribution in [0.5, 0.6) is 5.75 Å². The molecule has 0 spiro atoms. The molecular weight excluding hydrogens is 465 g/mol. The van der Waals surface area contributed by atoms with E-state index in [0.29, 0.717) is 6.04 Å². The van der Waals surface area contributed by atoms with Crippen molar-refractivity contribution in [2.75, 3.05) is 65.4 Å². The van der Waals surface area contributed by atoms with Crippen LogP contribution in [0.4, 0.5) is 5.69 Å². The number of benzene rings is 1. The molecule has 0 amide bonds. The van der Waals surface area contributed by atoms with Crippen LogP contribution in [-0.2, 0) is 0 Å². The summed E-state index contributed by atoms with van der Waals surface area (Å²) in [5.41, 5.74) is 1.18. The number of nitrogens with one attached hydrogen (secondary N) is 1. The van der Waals surface area contributed by atoms with Crippen LogP contribution in [0.15, 0.2) is 29.3 Å². The monoisotopic (exact) mass is 503 g/mol. The zero-order chi connectivity index (χ0) is 19.6. The summed E-state index contributed by atoms with van der Waals surface area (Å²) in [6.45, 7) is 10.5. The van der Waals surface area contributed by atoms with Crippen molar-refractivity contribution in [1.29, 1.82) is 0 Å². The molecule has 0 saturated carbocycles. The number of halogens is 1. The average molecular weight is 503 g/mol. The number of hydrogen-bond donors (Lipinski definition) is 1. The van der Waals surface area contributed by atoms with E-state index in [1.165, 1.54) is 12.1 Å². The Balaban J connectivity index is 0.00000392. The molecule has 0 atom stereocenters. The minimum absolute atomic E-state index is 0. The van der Waals surface area contributed by atoms with E-state index in [4.69, 9.17) is 4.74 Å². The largest absolute Gasteiger partial charge is 0.495 e. The highest BCUT2D eigenvalue weighted by atomic mass is 127. The number of piperazine rings is 1. The van der Waals surface area contributed by atoms with Crippen molar-refractivity contribution in [3.8, 4) is 5.75 Å². The molecule has 6 nitrogen and oxygen atoms in total. The number of rotatable bonds is 8. The van der Waals surface area contributed by atoms with Gasteiger partial charge >= 0.3 is 0 Å². The second kappa shape index (κ2) is 13.1. The molecule has 1 aliphatic rings. The average Bonchev–Trinajstić information content (AvgIpc) is 2.70. The van der Waals surface area contributed by atoms with Gasteiger partial charge in [-0.2, -0.15) is 0 Å². The lowest BCUT2D eigenvalue weighted by atomic mass is 10.2. The quantitative estimate of drug-likeness (QED) is 0.256. The summed E-state index contributed by atoms with van der Waals surface area (Å²) in [7, 11) is 5.81. The molecule has 1 fully saturated rings. The van der Waals surface area contributed by atoms with Crippen LogP contribution in [0.3, 0.4) is 0 Å². The second-order valence-electron chi connectivity index (χ2n) is 7.40. The van der Waals surface area contributed by atoms with Crippen LogP contribution >= 0.6 is 24.0 Å². The van der Waals surface area contributed by atoms with Gasteiger partial charge in [0.15, 0.2) is 5.96 Å². The first kappa shape index (κ1) is 24.8. The molecule has 0 unspecified atom stereocenters. The summed E-state index contributed by atoms with van der Waals surface area (Å²) < 4.78 is 5.51. The van der Waals surface area contributed by atoms with E-state index in [-0.39, 0.29) is 24.0 Å². The minimum atomic E-state index is 0. The van der Waals surface area contributed by atoms with Gasteiger partial charge in [0.05, 0.1) is 12.8 Å². The molecule has 1 heterocycles. The molecule has 28 heavy (non-hydrogen) atoms. The number of anilines is 1. The van der Waals surface area contributed by atoms with E-state index in [9.17, 15) is 0 Å². The fourth-order valence-electron chi connectivity index (χ4n) is 3.33. The summed E-state index contributed by atoms with van der Waals surface area (Å²) in [4.78, 5) is 11.6. The Morgan fingerprint density at radius 3 is 2.46 bits per heavy atom. The zero-order valence-electron chi connectivity index (χ0n) is 18.1. The van der Waals surface area contributed by atoms with E-state index >= 15 is 0 Å². The molecular formula is C21H38IN5O. The SMILES string of the molecule is CN=C(NCCCCN(C)C(C)C)N1CCN(c2ccccc2OC)CC1.I. The first-order chi connectivity index (χ1) is 13.1. The Kier molecular flexibility index (Phi) is 11.6. The summed E-state index contributed by atoms with van der Waals surface area (Å²) in [5, 5.41) is 3.53. The van der Waals surface area contributed by atoms with Crippen LogP contribution in [-0.4, -0.2) is 82.3 Å². The minimum Gasteiger partial charge on any atom is -0.495 e. The number of nitrogens with zero attached hydrogens (tertiary/aromatic N) is 4. The first-order valence-electron chi connectivity index (χ1n) is 10.1. The molecule has 2 rings (SSSR count). The fourth-order valence-corrected chi connectivity index (χ4v) is 3.33. The lowest BCUT2D eigenvalue weighted by molar-refractivity contribution is 0.268. The molecule has 0 aliphatic carbocycles. The summed E-state index contributed by atoms with van der Waals surface area (Å²) >= 11 is 0. The molecule has 1 aliphatic heterocycles. The Morgan fingerprint density at radius 1 is 1.18 bits per heavy atom. The van der Waals surface area contributed by atoms with Crippen molar-refractivity contribution >= 4 is 35.6 Å². The lowest BCUT2D eigenvalue weighted by Gasteiger charge is -2.38. The van der Waals surface area contributed by atoms with Crippen LogP contribution in [0.25, 0.3) is 0 Å². The standard InChI is InChI=1S/C21H37N5O.HI/c1-18(2)24(4)13-9-8-12-23-21(22-3)26-16-14-25(15-17-26)19-10-6-7-11-20(19)27-5;/h6-7,10-11,18H,8-9,12-17H2,1-5H3,(H,22,23);1H. The van der Waals surface area contributed by atoms with Gasteiger partial charge in [-0.3, -0.25) is 4.99 Å². The van der Waals surface area contributed by atoms with E-state index in [1.54, 1.807) is 7.11 Å². The number of hydrogen-bond acceptors (Lipinski definition) is 4. The summed E-state index contributed by atoms with van der Waals surface area (Å²) in [6.07, 6.45) is 2.37. The van der Waals surface area contributed by atoms with Crippen LogP contribution in [0, 0.1) is 0 Å². The molecule has 0 aromatic heterocycles. The predicted molar refractivity (Wildman–Crippen MR) is 131 cm³/mol. The Bertz CT molecular complexity index is 588. The van der Waals surface area contributed by atoms with Gasteiger partial charge in [0, 0.05) is 45.8 Å². The van der Waals surface area contributed by atoms with Gasteiger partial charge in [0.2, 0.25) is 0 Å². The van der Waals surface area contributed by atoms with Gasteiger partial charge in [-0.05, 0) is 52.4 Å². The normalized spacial score (nSPS) is 15.0. The maximum Gasteiger partial charge on any atom is 0.193 e. The molecule has 7 heteroatoms. The van der Waals surface area contributed by atoms with Gasteiger partial charge in [-0.15, -0.1) is 24.0 Å².